The summed E-state index contributed by atoms with van der Waals surface area (Å²) >= 11 is 0. The van der Waals surface area contributed by atoms with E-state index in [1.807, 2.05) is 6.07 Å². The lowest BCUT2D eigenvalue weighted by Crippen LogP contribution is -2.36. The van der Waals surface area contributed by atoms with Crippen LogP contribution in [0, 0.1) is 17.8 Å². The second-order valence-corrected chi connectivity index (χ2v) is 9.98. The first kappa shape index (κ1) is 21.0. The van der Waals surface area contributed by atoms with Crippen LogP contribution in [0.2, 0.25) is 0 Å². The summed E-state index contributed by atoms with van der Waals surface area (Å²) in [6, 6.07) is 20.9. The molecule has 0 radical (unpaired) electrons. The number of rotatable bonds is 4. The van der Waals surface area contributed by atoms with E-state index in [1.165, 1.54) is 17.5 Å². The highest BCUT2D eigenvalue weighted by Crippen LogP contribution is 2.41. The number of hydrogen-bond acceptors (Lipinski definition) is 2. The molecule has 0 amide bonds. The fraction of sp³-hybridized carbons (Fsp3) is 0.367. The number of esters is 1. The number of ether oxygens (including phenoxy) is 1. The van der Waals surface area contributed by atoms with Crippen LogP contribution in [0.1, 0.15) is 73.0 Å². The third-order valence-corrected chi connectivity index (χ3v) is 7.52. The molecule has 2 aliphatic rings. The molecule has 5 rings (SSSR count). The molecule has 0 aliphatic heterocycles. The first-order chi connectivity index (χ1) is 15.5. The molecule has 0 saturated heterocycles. The van der Waals surface area contributed by atoms with Gasteiger partial charge >= 0.3 is 5.97 Å². The molecule has 0 unspecified atom stereocenters. The minimum Gasteiger partial charge on any atom is -0.458 e. The molecule has 0 spiro atoms. The summed E-state index contributed by atoms with van der Waals surface area (Å²) < 4.78 is 6.30. The van der Waals surface area contributed by atoms with E-state index in [9.17, 15) is 4.79 Å². The van der Waals surface area contributed by atoms with Gasteiger partial charge in [0.05, 0.1) is 5.56 Å². The van der Waals surface area contributed by atoms with Crippen LogP contribution in [0.4, 0.5) is 0 Å². The zero-order chi connectivity index (χ0) is 22.2. The van der Waals surface area contributed by atoms with Crippen molar-refractivity contribution in [1.29, 1.82) is 0 Å². The molecular formula is C30H32O2. The molecule has 0 bridgehead atoms. The number of allylic oxidation sites excluding steroid dienone is 1. The van der Waals surface area contributed by atoms with Crippen LogP contribution in [0.15, 0.2) is 66.7 Å². The van der Waals surface area contributed by atoms with Crippen LogP contribution >= 0.6 is 0 Å². The van der Waals surface area contributed by atoms with Crippen molar-refractivity contribution >= 4 is 22.8 Å². The number of fused-ring (bicyclic) bond motifs is 2. The Morgan fingerprint density at radius 3 is 2.59 bits per heavy atom. The Morgan fingerprint density at radius 1 is 0.969 bits per heavy atom. The molecule has 3 aromatic rings. The summed E-state index contributed by atoms with van der Waals surface area (Å²) in [5.74, 6) is 1.44. The zero-order valence-corrected chi connectivity index (χ0v) is 19.3. The second kappa shape index (κ2) is 8.58. The van der Waals surface area contributed by atoms with Gasteiger partial charge < -0.3 is 4.74 Å². The largest absolute Gasteiger partial charge is 0.458 e. The second-order valence-electron chi connectivity index (χ2n) is 9.98. The zero-order valence-electron chi connectivity index (χ0n) is 19.3. The van der Waals surface area contributed by atoms with E-state index in [1.54, 1.807) is 0 Å². The SMILES string of the molecule is CC(C)[C@@H]1CC[C@@H](C)C[C@H]1OC(=O)c1ccc2ccccc2c1[C@H]1C=Cc2ccccc21. The van der Waals surface area contributed by atoms with Gasteiger partial charge in [0, 0.05) is 5.92 Å². The Morgan fingerprint density at radius 2 is 1.75 bits per heavy atom. The van der Waals surface area contributed by atoms with E-state index >= 15 is 0 Å². The molecule has 2 nitrogen and oxygen atoms in total. The van der Waals surface area contributed by atoms with Crippen LogP contribution in [0.25, 0.3) is 16.8 Å². The van der Waals surface area contributed by atoms with Crippen LogP contribution in [-0.4, -0.2) is 12.1 Å². The van der Waals surface area contributed by atoms with Crippen molar-refractivity contribution in [1.82, 2.24) is 0 Å². The maximum absolute atomic E-state index is 13.7. The van der Waals surface area contributed by atoms with Gasteiger partial charge in [-0.05, 0) is 64.1 Å². The average molecular weight is 425 g/mol. The van der Waals surface area contributed by atoms with Gasteiger partial charge in [-0.1, -0.05) is 93.9 Å². The Hall–Kier alpha value is -2.87. The highest BCUT2D eigenvalue weighted by molar-refractivity contribution is 6.00. The lowest BCUT2D eigenvalue weighted by Gasteiger charge is -2.36. The van der Waals surface area contributed by atoms with E-state index in [0.29, 0.717) is 23.3 Å². The Balaban J connectivity index is 1.57. The van der Waals surface area contributed by atoms with E-state index in [0.717, 1.165) is 29.2 Å². The van der Waals surface area contributed by atoms with Crippen molar-refractivity contribution < 1.29 is 9.53 Å². The van der Waals surface area contributed by atoms with Crippen LogP contribution in [0.3, 0.4) is 0 Å². The van der Waals surface area contributed by atoms with Crippen molar-refractivity contribution in [3.8, 4) is 0 Å². The van der Waals surface area contributed by atoms with Crippen LogP contribution in [-0.2, 0) is 4.74 Å². The topological polar surface area (TPSA) is 26.3 Å². The minimum atomic E-state index is -0.173. The maximum atomic E-state index is 13.7. The minimum absolute atomic E-state index is 0.00280. The van der Waals surface area contributed by atoms with E-state index in [2.05, 4.69) is 87.5 Å². The molecule has 2 aliphatic carbocycles. The van der Waals surface area contributed by atoms with Gasteiger partial charge in [-0.2, -0.15) is 0 Å². The average Bonchev–Trinajstić information content (AvgIpc) is 3.22. The van der Waals surface area contributed by atoms with Gasteiger partial charge in [-0.15, -0.1) is 0 Å². The van der Waals surface area contributed by atoms with E-state index < -0.39 is 0 Å². The van der Waals surface area contributed by atoms with Crippen LogP contribution in [0.5, 0.6) is 0 Å². The summed E-state index contributed by atoms with van der Waals surface area (Å²) in [4.78, 5) is 13.7. The smallest absolute Gasteiger partial charge is 0.338 e. The van der Waals surface area contributed by atoms with Crippen molar-refractivity contribution in [2.75, 3.05) is 0 Å². The molecule has 0 N–H and O–H groups in total. The summed E-state index contributed by atoms with van der Waals surface area (Å²) in [5.41, 5.74) is 4.25. The van der Waals surface area contributed by atoms with E-state index in [-0.39, 0.29) is 18.0 Å². The normalized spacial score (nSPS) is 24.6. The number of carbonyl (C=O) groups is 1. The first-order valence-electron chi connectivity index (χ1n) is 12.0. The molecule has 1 fully saturated rings. The Kier molecular flexibility index (Phi) is 5.63. The Bertz CT molecular complexity index is 1170. The maximum Gasteiger partial charge on any atom is 0.338 e. The molecule has 0 heterocycles. The molecular weight excluding hydrogens is 392 g/mol. The van der Waals surface area contributed by atoms with Crippen molar-refractivity contribution in [2.24, 2.45) is 17.8 Å². The van der Waals surface area contributed by atoms with Crippen molar-refractivity contribution in [3.63, 3.8) is 0 Å². The summed E-state index contributed by atoms with van der Waals surface area (Å²) in [6.07, 6.45) is 7.72. The fourth-order valence-corrected chi connectivity index (χ4v) is 5.76. The van der Waals surface area contributed by atoms with Gasteiger partial charge in [0.15, 0.2) is 0 Å². The predicted octanol–water partition coefficient (Wildman–Crippen LogP) is 7.62. The van der Waals surface area contributed by atoms with Gasteiger partial charge in [0.25, 0.3) is 0 Å². The summed E-state index contributed by atoms with van der Waals surface area (Å²) in [7, 11) is 0. The molecule has 2 heteroatoms. The quantitative estimate of drug-likeness (QED) is 0.403. The third-order valence-electron chi connectivity index (χ3n) is 7.52. The third kappa shape index (κ3) is 3.77. The number of carbonyl (C=O) groups excluding carboxylic acids is 1. The summed E-state index contributed by atoms with van der Waals surface area (Å²) in [6.45, 7) is 6.78. The molecule has 0 aromatic heterocycles. The Labute approximate surface area is 191 Å². The standard InChI is InChI=1S/C30H32O2/c1-19(2)23-15-12-20(3)18-28(23)32-30(31)27-17-14-22-9-5-7-11-25(22)29(27)26-16-13-21-8-4-6-10-24(21)26/h4-11,13-14,16-17,19-20,23,26,28H,12,15,18H2,1-3H3/t20-,23+,26+,28-/m1/s1. The molecule has 3 aromatic carbocycles. The van der Waals surface area contributed by atoms with Gasteiger partial charge in [-0.25, -0.2) is 4.79 Å². The highest BCUT2D eigenvalue weighted by atomic mass is 16.5. The van der Waals surface area contributed by atoms with Gasteiger partial charge in [-0.3, -0.25) is 0 Å². The predicted molar refractivity (Wildman–Crippen MR) is 132 cm³/mol. The highest BCUT2D eigenvalue weighted by Gasteiger charge is 2.35. The van der Waals surface area contributed by atoms with Crippen molar-refractivity contribution in [3.05, 3.63) is 89.0 Å². The number of hydrogen-bond donors (Lipinski definition) is 0. The van der Waals surface area contributed by atoms with Gasteiger partial charge in [0.2, 0.25) is 0 Å². The van der Waals surface area contributed by atoms with Crippen LogP contribution < -0.4 is 0 Å². The molecule has 1 saturated carbocycles. The van der Waals surface area contributed by atoms with E-state index in [4.69, 9.17) is 4.74 Å². The molecule has 164 valence electrons. The summed E-state index contributed by atoms with van der Waals surface area (Å²) in [5, 5.41) is 2.29. The lowest BCUT2D eigenvalue weighted by atomic mass is 9.75. The number of benzene rings is 3. The van der Waals surface area contributed by atoms with Gasteiger partial charge in [0.1, 0.15) is 6.10 Å². The molecule has 32 heavy (non-hydrogen) atoms. The molecule has 4 atom stereocenters. The lowest BCUT2D eigenvalue weighted by molar-refractivity contribution is -0.0174. The monoisotopic (exact) mass is 424 g/mol. The van der Waals surface area contributed by atoms with Crippen molar-refractivity contribution in [2.45, 2.75) is 52.1 Å². The fourth-order valence-electron chi connectivity index (χ4n) is 5.76. The first-order valence-corrected chi connectivity index (χ1v) is 12.0.